The number of hydrogen-bond acceptors (Lipinski definition) is 3. The number of halogens is 1. The minimum absolute atomic E-state index is 0.109. The van der Waals surface area contributed by atoms with E-state index in [9.17, 15) is 9.18 Å². The van der Waals surface area contributed by atoms with E-state index in [0.717, 1.165) is 16.7 Å². The summed E-state index contributed by atoms with van der Waals surface area (Å²) in [5.41, 5.74) is 2.34. The molecule has 0 saturated carbocycles. The van der Waals surface area contributed by atoms with Crippen LogP contribution in [-0.4, -0.2) is 17.4 Å². The summed E-state index contributed by atoms with van der Waals surface area (Å²) >= 11 is 0. The summed E-state index contributed by atoms with van der Waals surface area (Å²) in [6.07, 6.45) is 0.762. The van der Waals surface area contributed by atoms with Crippen LogP contribution in [0.3, 0.4) is 0 Å². The van der Waals surface area contributed by atoms with Crippen LogP contribution >= 0.6 is 0 Å². The minimum atomic E-state index is -0.305. The lowest BCUT2D eigenvalue weighted by Crippen LogP contribution is -2.27. The molecule has 1 aromatic heterocycles. The number of hydrogen-bond donors (Lipinski definition) is 1. The second-order valence-electron chi connectivity index (χ2n) is 4.98. The predicted octanol–water partition coefficient (Wildman–Crippen LogP) is 2.87. The molecule has 0 aliphatic carbocycles. The average molecular weight is 298 g/mol. The fourth-order valence-corrected chi connectivity index (χ4v) is 2.19. The van der Waals surface area contributed by atoms with Crippen molar-refractivity contribution in [2.24, 2.45) is 0 Å². The first-order valence-electron chi connectivity index (χ1n) is 7.06. The van der Waals surface area contributed by atoms with Gasteiger partial charge >= 0.3 is 0 Å². The molecule has 2 aromatic carbocycles. The molecule has 3 rings (SSSR count). The van der Waals surface area contributed by atoms with E-state index in [1.165, 1.54) is 12.1 Å². The van der Waals surface area contributed by atoms with Gasteiger partial charge in [0.1, 0.15) is 11.3 Å². The number of para-hydroxylation sites is 2. The highest BCUT2D eigenvalue weighted by Crippen LogP contribution is 2.14. The Labute approximate surface area is 127 Å². The van der Waals surface area contributed by atoms with Gasteiger partial charge < -0.3 is 9.73 Å². The summed E-state index contributed by atoms with van der Waals surface area (Å²) in [6, 6.07) is 13.4. The first-order valence-corrected chi connectivity index (χ1v) is 7.06. The second kappa shape index (κ2) is 6.39. The molecule has 5 heteroatoms. The van der Waals surface area contributed by atoms with Crippen molar-refractivity contribution < 1.29 is 13.6 Å². The maximum Gasteiger partial charge on any atom is 0.224 e. The van der Waals surface area contributed by atoms with Gasteiger partial charge in [-0.2, -0.15) is 0 Å². The van der Waals surface area contributed by atoms with Crippen molar-refractivity contribution in [3.63, 3.8) is 0 Å². The summed E-state index contributed by atoms with van der Waals surface area (Å²) in [7, 11) is 0. The summed E-state index contributed by atoms with van der Waals surface area (Å²) < 4.78 is 18.4. The summed E-state index contributed by atoms with van der Waals surface area (Å²) in [5, 5.41) is 2.81. The van der Waals surface area contributed by atoms with Crippen LogP contribution in [0.2, 0.25) is 0 Å². The molecule has 0 spiro atoms. The van der Waals surface area contributed by atoms with Crippen LogP contribution in [0, 0.1) is 5.82 Å². The van der Waals surface area contributed by atoms with Crippen molar-refractivity contribution in [1.29, 1.82) is 0 Å². The van der Waals surface area contributed by atoms with Crippen molar-refractivity contribution >= 4 is 17.0 Å². The van der Waals surface area contributed by atoms with Gasteiger partial charge in [0.15, 0.2) is 11.5 Å². The van der Waals surface area contributed by atoms with Crippen molar-refractivity contribution in [2.45, 2.75) is 12.8 Å². The molecule has 3 aromatic rings. The largest absolute Gasteiger partial charge is 0.441 e. The van der Waals surface area contributed by atoms with Gasteiger partial charge in [-0.05, 0) is 29.8 Å². The predicted molar refractivity (Wildman–Crippen MR) is 80.8 cm³/mol. The summed E-state index contributed by atoms with van der Waals surface area (Å²) in [6.45, 7) is 0.451. The molecule has 4 nitrogen and oxygen atoms in total. The summed E-state index contributed by atoms with van der Waals surface area (Å²) in [4.78, 5) is 16.1. The topological polar surface area (TPSA) is 55.1 Å². The SMILES string of the molecule is O=C(Cc1ccc(F)cc1)NCCc1nc2ccccc2o1. The van der Waals surface area contributed by atoms with Crippen molar-refractivity contribution in [1.82, 2.24) is 10.3 Å². The molecule has 22 heavy (non-hydrogen) atoms. The monoisotopic (exact) mass is 298 g/mol. The van der Waals surface area contributed by atoms with E-state index in [0.29, 0.717) is 18.9 Å². The third kappa shape index (κ3) is 3.49. The molecule has 0 aliphatic rings. The number of rotatable bonds is 5. The van der Waals surface area contributed by atoms with Crippen molar-refractivity contribution in [2.75, 3.05) is 6.54 Å². The highest BCUT2D eigenvalue weighted by molar-refractivity contribution is 5.78. The fourth-order valence-electron chi connectivity index (χ4n) is 2.19. The Morgan fingerprint density at radius 3 is 2.68 bits per heavy atom. The Morgan fingerprint density at radius 2 is 1.91 bits per heavy atom. The number of benzene rings is 2. The third-order valence-electron chi connectivity index (χ3n) is 3.28. The maximum atomic E-state index is 12.8. The molecule has 112 valence electrons. The van der Waals surface area contributed by atoms with Crippen LogP contribution in [-0.2, 0) is 17.6 Å². The molecule has 1 N–H and O–H groups in total. The van der Waals surface area contributed by atoms with E-state index >= 15 is 0 Å². The van der Waals surface area contributed by atoms with Crippen LogP contribution in [0.25, 0.3) is 11.1 Å². The van der Waals surface area contributed by atoms with E-state index in [-0.39, 0.29) is 18.1 Å². The molecular weight excluding hydrogens is 283 g/mol. The number of fused-ring (bicyclic) bond motifs is 1. The smallest absolute Gasteiger partial charge is 0.224 e. The Kier molecular flexibility index (Phi) is 4.14. The van der Waals surface area contributed by atoms with Crippen LogP contribution in [0.15, 0.2) is 52.9 Å². The van der Waals surface area contributed by atoms with Gasteiger partial charge in [-0.3, -0.25) is 4.79 Å². The molecular formula is C17H15FN2O2. The van der Waals surface area contributed by atoms with Gasteiger partial charge in [-0.15, -0.1) is 0 Å². The normalized spacial score (nSPS) is 10.8. The fraction of sp³-hybridized carbons (Fsp3) is 0.176. The van der Waals surface area contributed by atoms with Crippen LogP contribution in [0.1, 0.15) is 11.5 Å². The number of nitrogens with one attached hydrogen (secondary N) is 1. The minimum Gasteiger partial charge on any atom is -0.441 e. The van der Waals surface area contributed by atoms with E-state index in [1.54, 1.807) is 12.1 Å². The Bertz CT molecular complexity index is 748. The van der Waals surface area contributed by atoms with E-state index in [2.05, 4.69) is 10.3 Å². The molecule has 0 bridgehead atoms. The molecule has 0 atom stereocenters. The maximum absolute atomic E-state index is 12.8. The summed E-state index contributed by atoms with van der Waals surface area (Å²) in [5.74, 6) is 0.186. The van der Waals surface area contributed by atoms with Crippen LogP contribution in [0.4, 0.5) is 4.39 Å². The Balaban J connectivity index is 1.49. The van der Waals surface area contributed by atoms with Crippen molar-refractivity contribution in [3.05, 3.63) is 65.8 Å². The second-order valence-corrected chi connectivity index (χ2v) is 4.98. The number of aromatic nitrogens is 1. The van der Waals surface area contributed by atoms with Crippen LogP contribution in [0.5, 0.6) is 0 Å². The molecule has 0 aliphatic heterocycles. The number of carbonyl (C=O) groups excluding carboxylic acids is 1. The van der Waals surface area contributed by atoms with E-state index < -0.39 is 0 Å². The van der Waals surface area contributed by atoms with Gasteiger partial charge in [0.25, 0.3) is 0 Å². The number of nitrogens with zero attached hydrogens (tertiary/aromatic N) is 1. The zero-order chi connectivity index (χ0) is 15.4. The van der Waals surface area contributed by atoms with E-state index in [1.807, 2.05) is 24.3 Å². The third-order valence-corrected chi connectivity index (χ3v) is 3.28. The lowest BCUT2D eigenvalue weighted by molar-refractivity contribution is -0.120. The first kappa shape index (κ1) is 14.3. The number of carbonyl (C=O) groups is 1. The lowest BCUT2D eigenvalue weighted by Gasteiger charge is -2.03. The van der Waals surface area contributed by atoms with Gasteiger partial charge in [0.05, 0.1) is 6.42 Å². The molecule has 0 saturated heterocycles. The number of amides is 1. The zero-order valence-electron chi connectivity index (χ0n) is 11.9. The molecule has 0 unspecified atom stereocenters. The van der Waals surface area contributed by atoms with Gasteiger partial charge in [-0.1, -0.05) is 24.3 Å². The van der Waals surface area contributed by atoms with E-state index in [4.69, 9.17) is 4.42 Å². The first-order chi connectivity index (χ1) is 10.7. The molecule has 0 radical (unpaired) electrons. The average Bonchev–Trinajstić information content (AvgIpc) is 2.92. The highest BCUT2D eigenvalue weighted by Gasteiger charge is 2.07. The van der Waals surface area contributed by atoms with Gasteiger partial charge in [0.2, 0.25) is 5.91 Å². The van der Waals surface area contributed by atoms with Gasteiger partial charge in [-0.25, -0.2) is 9.37 Å². The quantitative estimate of drug-likeness (QED) is 0.788. The molecule has 0 fully saturated rings. The lowest BCUT2D eigenvalue weighted by atomic mass is 10.1. The van der Waals surface area contributed by atoms with Crippen molar-refractivity contribution in [3.8, 4) is 0 Å². The van der Waals surface area contributed by atoms with Gasteiger partial charge in [0, 0.05) is 13.0 Å². The standard InChI is InChI=1S/C17H15FN2O2/c18-13-7-5-12(6-8-13)11-16(21)19-10-9-17-20-14-3-1-2-4-15(14)22-17/h1-8H,9-11H2,(H,19,21). The molecule has 1 amide bonds. The molecule has 1 heterocycles. The number of oxazole rings is 1. The Hall–Kier alpha value is -2.69. The zero-order valence-corrected chi connectivity index (χ0v) is 11.9. The highest BCUT2D eigenvalue weighted by atomic mass is 19.1. The Morgan fingerprint density at radius 1 is 1.14 bits per heavy atom. The van der Waals surface area contributed by atoms with Crippen LogP contribution < -0.4 is 5.32 Å².